The van der Waals surface area contributed by atoms with E-state index in [1.165, 1.54) is 24.3 Å². The molecule has 148 valence electrons. The molecule has 0 saturated heterocycles. The summed E-state index contributed by atoms with van der Waals surface area (Å²) in [6.45, 7) is 3.48. The van der Waals surface area contributed by atoms with Gasteiger partial charge >= 0.3 is 11.9 Å². The quantitative estimate of drug-likeness (QED) is 0.371. The Morgan fingerprint density at radius 2 is 1.39 bits per heavy atom. The molecule has 0 heterocycles. The Kier molecular flexibility index (Phi) is 7.87. The summed E-state index contributed by atoms with van der Waals surface area (Å²) in [6.07, 6.45) is -0.127. The van der Waals surface area contributed by atoms with Crippen molar-refractivity contribution in [3.8, 4) is 0 Å². The summed E-state index contributed by atoms with van der Waals surface area (Å²) in [5.41, 5.74) is 0.942. The van der Waals surface area contributed by atoms with Crippen molar-refractivity contribution < 1.29 is 28.2 Å². The van der Waals surface area contributed by atoms with Crippen LogP contribution in [0.4, 0.5) is 4.39 Å². The fourth-order valence-electron chi connectivity index (χ4n) is 2.97. The van der Waals surface area contributed by atoms with Gasteiger partial charge in [0, 0.05) is 17.9 Å². The van der Waals surface area contributed by atoms with E-state index in [0.717, 1.165) is 0 Å². The fourth-order valence-corrected chi connectivity index (χ4v) is 2.97. The largest absolute Gasteiger partial charge is 0.465 e. The van der Waals surface area contributed by atoms with E-state index in [-0.39, 0.29) is 25.4 Å². The van der Waals surface area contributed by atoms with Gasteiger partial charge in [-0.25, -0.2) is 4.39 Å². The first-order chi connectivity index (χ1) is 13.5. The number of Topliss-reactive ketones (excluding diaryl/α,β-unsaturated/α-hetero) is 1. The zero-order chi connectivity index (χ0) is 20.5. The average Bonchev–Trinajstić information content (AvgIpc) is 2.69. The number of ketones is 1. The van der Waals surface area contributed by atoms with Crippen molar-refractivity contribution in [2.24, 2.45) is 5.92 Å². The zero-order valence-corrected chi connectivity index (χ0v) is 15.9. The molecule has 0 spiro atoms. The Labute approximate surface area is 163 Å². The van der Waals surface area contributed by atoms with Crippen LogP contribution in [-0.2, 0) is 19.1 Å². The van der Waals surface area contributed by atoms with E-state index in [2.05, 4.69) is 0 Å². The van der Waals surface area contributed by atoms with Gasteiger partial charge in [-0.3, -0.25) is 14.4 Å². The second-order valence-electron chi connectivity index (χ2n) is 6.13. The summed E-state index contributed by atoms with van der Waals surface area (Å²) in [4.78, 5) is 37.9. The molecule has 0 bridgehead atoms. The van der Waals surface area contributed by atoms with Gasteiger partial charge in [-0.05, 0) is 43.7 Å². The molecule has 2 rings (SSSR count). The number of carbonyl (C=O) groups excluding carboxylic acids is 3. The summed E-state index contributed by atoms with van der Waals surface area (Å²) < 4.78 is 23.3. The van der Waals surface area contributed by atoms with Crippen LogP contribution in [0, 0.1) is 11.7 Å². The monoisotopic (exact) mass is 386 g/mol. The molecule has 0 saturated carbocycles. The maximum absolute atomic E-state index is 13.2. The Morgan fingerprint density at radius 1 is 0.857 bits per heavy atom. The van der Waals surface area contributed by atoms with E-state index in [4.69, 9.17) is 9.47 Å². The molecular weight excluding hydrogens is 363 g/mol. The van der Waals surface area contributed by atoms with Crippen LogP contribution in [0.5, 0.6) is 0 Å². The lowest BCUT2D eigenvalue weighted by molar-refractivity contribution is -0.162. The van der Waals surface area contributed by atoms with E-state index in [1.807, 2.05) is 0 Å². The van der Waals surface area contributed by atoms with Crippen LogP contribution in [0.2, 0.25) is 0 Å². The molecule has 0 aliphatic carbocycles. The number of hydrogen-bond acceptors (Lipinski definition) is 5. The van der Waals surface area contributed by atoms with Crippen molar-refractivity contribution in [2.45, 2.75) is 26.2 Å². The molecule has 5 nitrogen and oxygen atoms in total. The van der Waals surface area contributed by atoms with Gasteiger partial charge in [0.05, 0.1) is 13.2 Å². The van der Waals surface area contributed by atoms with Crippen molar-refractivity contribution in [1.29, 1.82) is 0 Å². The predicted molar refractivity (Wildman–Crippen MR) is 101 cm³/mol. The van der Waals surface area contributed by atoms with Gasteiger partial charge in [0.2, 0.25) is 0 Å². The smallest absolute Gasteiger partial charge is 0.320 e. The third-order valence-electron chi connectivity index (χ3n) is 4.28. The first-order valence-electron chi connectivity index (χ1n) is 9.14. The molecule has 1 atom stereocenters. The minimum absolute atomic E-state index is 0.0994. The topological polar surface area (TPSA) is 69.7 Å². The Morgan fingerprint density at radius 3 is 1.89 bits per heavy atom. The van der Waals surface area contributed by atoms with Crippen LogP contribution in [0.3, 0.4) is 0 Å². The van der Waals surface area contributed by atoms with E-state index in [0.29, 0.717) is 11.1 Å². The van der Waals surface area contributed by atoms with Crippen LogP contribution in [0.1, 0.15) is 42.1 Å². The molecule has 0 amide bonds. The highest BCUT2D eigenvalue weighted by Crippen LogP contribution is 2.32. The maximum Gasteiger partial charge on any atom is 0.320 e. The molecule has 0 fully saturated rings. The number of halogens is 1. The molecule has 2 aromatic rings. The van der Waals surface area contributed by atoms with Crippen LogP contribution in [0.25, 0.3) is 0 Å². The number of hydrogen-bond donors (Lipinski definition) is 0. The molecule has 0 N–H and O–H groups in total. The van der Waals surface area contributed by atoms with Gasteiger partial charge in [-0.15, -0.1) is 0 Å². The molecule has 0 radical (unpaired) electrons. The molecule has 1 unspecified atom stereocenters. The van der Waals surface area contributed by atoms with E-state index in [9.17, 15) is 18.8 Å². The lowest BCUT2D eigenvalue weighted by Gasteiger charge is -2.24. The highest BCUT2D eigenvalue weighted by molar-refractivity contribution is 6.00. The van der Waals surface area contributed by atoms with Gasteiger partial charge in [0.15, 0.2) is 11.7 Å². The van der Waals surface area contributed by atoms with Gasteiger partial charge in [0.1, 0.15) is 5.82 Å². The first-order valence-corrected chi connectivity index (χ1v) is 9.14. The number of carbonyl (C=O) groups is 3. The van der Waals surface area contributed by atoms with Gasteiger partial charge in [0.25, 0.3) is 0 Å². The van der Waals surface area contributed by atoms with Crippen LogP contribution in [-0.4, -0.2) is 30.9 Å². The highest BCUT2D eigenvalue weighted by atomic mass is 19.1. The minimum Gasteiger partial charge on any atom is -0.465 e. The maximum atomic E-state index is 13.2. The third kappa shape index (κ3) is 5.49. The number of benzene rings is 2. The number of rotatable bonds is 9. The van der Waals surface area contributed by atoms with Gasteiger partial charge in [-0.2, -0.15) is 0 Å². The summed E-state index contributed by atoms with van der Waals surface area (Å²) in [7, 11) is 0. The normalized spacial score (nSPS) is 11.7. The third-order valence-corrected chi connectivity index (χ3v) is 4.28. The summed E-state index contributed by atoms with van der Waals surface area (Å²) >= 11 is 0. The van der Waals surface area contributed by atoms with Crippen molar-refractivity contribution in [1.82, 2.24) is 0 Å². The zero-order valence-electron chi connectivity index (χ0n) is 15.9. The molecular formula is C22H23FO5. The second kappa shape index (κ2) is 10.3. The molecule has 0 aliphatic heterocycles. The van der Waals surface area contributed by atoms with Crippen molar-refractivity contribution >= 4 is 17.7 Å². The molecule has 6 heteroatoms. The van der Waals surface area contributed by atoms with Crippen LogP contribution < -0.4 is 0 Å². The second-order valence-corrected chi connectivity index (χ2v) is 6.13. The molecule has 2 aromatic carbocycles. The highest BCUT2D eigenvalue weighted by Gasteiger charge is 2.39. The Bertz CT molecular complexity index is 783. The predicted octanol–water partition coefficient (Wildman–Crippen LogP) is 3.92. The lowest BCUT2D eigenvalue weighted by Crippen LogP contribution is -2.34. The molecule has 28 heavy (non-hydrogen) atoms. The van der Waals surface area contributed by atoms with Crippen LogP contribution >= 0.6 is 0 Å². The lowest BCUT2D eigenvalue weighted by atomic mass is 9.81. The van der Waals surface area contributed by atoms with Crippen molar-refractivity contribution in [3.05, 3.63) is 71.5 Å². The van der Waals surface area contributed by atoms with Crippen LogP contribution in [0.15, 0.2) is 54.6 Å². The van der Waals surface area contributed by atoms with Crippen molar-refractivity contribution in [3.63, 3.8) is 0 Å². The Balaban J connectivity index is 2.41. The first kappa shape index (κ1) is 21.3. The van der Waals surface area contributed by atoms with E-state index in [1.54, 1.807) is 44.2 Å². The average molecular weight is 386 g/mol. The van der Waals surface area contributed by atoms with E-state index >= 15 is 0 Å². The summed E-state index contributed by atoms with van der Waals surface area (Å²) in [6, 6.07) is 14.0. The Hall–Kier alpha value is -3.02. The molecule has 0 aliphatic rings. The van der Waals surface area contributed by atoms with Crippen molar-refractivity contribution in [2.75, 3.05) is 13.2 Å². The molecule has 0 aromatic heterocycles. The fraction of sp³-hybridized carbons (Fsp3) is 0.318. The summed E-state index contributed by atoms with van der Waals surface area (Å²) in [5, 5.41) is 0. The van der Waals surface area contributed by atoms with Gasteiger partial charge < -0.3 is 9.47 Å². The standard InChI is InChI=1S/C22H23FO5/c1-3-27-21(25)20(22(26)28-4-2)18(15-8-6-5-7-9-15)14-19(24)16-10-12-17(23)13-11-16/h5-13,18,20H,3-4,14H2,1-2H3. The SMILES string of the molecule is CCOC(=O)C(C(=O)OCC)C(CC(=O)c1ccc(F)cc1)c1ccccc1. The van der Waals surface area contributed by atoms with E-state index < -0.39 is 29.6 Å². The van der Waals surface area contributed by atoms with Gasteiger partial charge in [-0.1, -0.05) is 30.3 Å². The summed E-state index contributed by atoms with van der Waals surface area (Å²) in [5.74, 6) is -4.27. The number of esters is 2. The number of ether oxygens (including phenoxy) is 2. The minimum atomic E-state index is -1.27.